The van der Waals surface area contributed by atoms with Gasteiger partial charge in [-0.15, -0.1) is 0 Å². The second kappa shape index (κ2) is 6.29. The molecule has 0 bridgehead atoms. The summed E-state index contributed by atoms with van der Waals surface area (Å²) in [5.41, 5.74) is 1.47. The minimum absolute atomic E-state index is 0.243. The Balaban J connectivity index is 2.55. The van der Waals surface area contributed by atoms with Crippen LogP contribution in [0.4, 0.5) is 0 Å². The van der Waals surface area contributed by atoms with Crippen molar-refractivity contribution < 1.29 is 9.53 Å². The molecule has 0 unspecified atom stereocenters. The lowest BCUT2D eigenvalue weighted by Crippen LogP contribution is -2.19. The van der Waals surface area contributed by atoms with Crippen molar-refractivity contribution >= 4 is 17.6 Å². The third-order valence-corrected chi connectivity index (χ3v) is 3.39. The molecular formula is C16H13ClN2O2. The second-order valence-corrected chi connectivity index (χ2v) is 4.82. The van der Waals surface area contributed by atoms with Crippen LogP contribution in [0.25, 0.3) is 0 Å². The maximum absolute atomic E-state index is 11.8. The number of rotatable bonds is 4. The molecule has 0 spiro atoms. The molecule has 0 amide bonds. The van der Waals surface area contributed by atoms with E-state index in [1.807, 2.05) is 0 Å². The highest BCUT2D eigenvalue weighted by atomic mass is 35.5. The number of aromatic nitrogens is 1. The van der Waals surface area contributed by atoms with Gasteiger partial charge in [-0.2, -0.15) is 5.26 Å². The first-order valence-corrected chi connectivity index (χ1v) is 6.55. The van der Waals surface area contributed by atoms with Gasteiger partial charge in [0.2, 0.25) is 0 Å². The molecule has 0 aliphatic carbocycles. The smallest absolute Gasteiger partial charge is 0.335 e. The molecule has 1 aromatic carbocycles. The van der Waals surface area contributed by atoms with Crippen molar-refractivity contribution in [2.75, 3.05) is 7.11 Å². The van der Waals surface area contributed by atoms with E-state index in [0.717, 1.165) is 5.56 Å². The van der Waals surface area contributed by atoms with Gasteiger partial charge in [0.1, 0.15) is 11.8 Å². The predicted octanol–water partition coefficient (Wildman–Crippen LogP) is 3.33. The molecule has 1 aromatic heterocycles. The Kier molecular flexibility index (Phi) is 4.46. The van der Waals surface area contributed by atoms with Crippen LogP contribution in [-0.2, 0) is 9.53 Å². The highest BCUT2D eigenvalue weighted by Gasteiger charge is 2.24. The Bertz CT molecular complexity index is 711. The Labute approximate surface area is 127 Å². The minimum Gasteiger partial charge on any atom is -0.466 e. The first-order valence-electron chi connectivity index (χ1n) is 6.18. The lowest BCUT2D eigenvalue weighted by molar-refractivity contribution is -0.136. The fraction of sp³-hybridized carbons (Fsp3) is 0.125. The molecule has 5 heteroatoms. The molecule has 106 valence electrons. The molecule has 2 rings (SSSR count). The molecule has 1 atom stereocenters. The van der Waals surface area contributed by atoms with Gasteiger partial charge < -0.3 is 9.30 Å². The van der Waals surface area contributed by atoms with Crippen LogP contribution in [0.2, 0.25) is 5.02 Å². The lowest BCUT2D eigenvalue weighted by Gasteiger charge is -2.21. The van der Waals surface area contributed by atoms with Crippen LogP contribution >= 0.6 is 11.6 Å². The predicted molar refractivity (Wildman–Crippen MR) is 79.9 cm³/mol. The summed E-state index contributed by atoms with van der Waals surface area (Å²) in [6.45, 7) is 3.82. The Morgan fingerprint density at radius 1 is 1.38 bits per heavy atom. The number of nitriles is 1. The Morgan fingerprint density at radius 2 is 2.05 bits per heavy atom. The van der Waals surface area contributed by atoms with Gasteiger partial charge in [0.05, 0.1) is 18.7 Å². The maximum atomic E-state index is 11.8. The van der Waals surface area contributed by atoms with E-state index in [1.54, 1.807) is 47.2 Å². The summed E-state index contributed by atoms with van der Waals surface area (Å²) < 4.78 is 6.43. The molecule has 0 aliphatic heterocycles. The maximum Gasteiger partial charge on any atom is 0.335 e. The minimum atomic E-state index is -0.521. The molecule has 0 radical (unpaired) electrons. The zero-order chi connectivity index (χ0) is 15.4. The number of halogens is 1. The molecule has 2 aromatic rings. The number of hydrogen-bond donors (Lipinski definition) is 0. The number of esters is 1. The van der Waals surface area contributed by atoms with E-state index < -0.39 is 12.0 Å². The van der Waals surface area contributed by atoms with Gasteiger partial charge in [-0.05, 0) is 29.8 Å². The van der Waals surface area contributed by atoms with Crippen molar-refractivity contribution in [2.24, 2.45) is 0 Å². The topological polar surface area (TPSA) is 55.0 Å². The Hall–Kier alpha value is -2.51. The molecule has 1 heterocycles. The third-order valence-electron chi connectivity index (χ3n) is 3.14. The van der Waals surface area contributed by atoms with E-state index in [4.69, 9.17) is 16.3 Å². The van der Waals surface area contributed by atoms with Crippen LogP contribution in [0, 0.1) is 11.3 Å². The van der Waals surface area contributed by atoms with Gasteiger partial charge >= 0.3 is 5.97 Å². The van der Waals surface area contributed by atoms with Gasteiger partial charge in [0.15, 0.2) is 0 Å². The van der Waals surface area contributed by atoms with Crippen LogP contribution in [0.5, 0.6) is 0 Å². The highest BCUT2D eigenvalue weighted by molar-refractivity contribution is 6.30. The number of carbonyl (C=O) groups excluding carboxylic acids is 1. The average Bonchev–Trinajstić information content (AvgIpc) is 2.96. The van der Waals surface area contributed by atoms with Crippen molar-refractivity contribution in [1.82, 2.24) is 4.57 Å². The highest BCUT2D eigenvalue weighted by Crippen LogP contribution is 2.29. The zero-order valence-electron chi connectivity index (χ0n) is 11.4. The van der Waals surface area contributed by atoms with Crippen LogP contribution in [0.15, 0.2) is 54.7 Å². The van der Waals surface area contributed by atoms with E-state index in [2.05, 4.69) is 12.6 Å². The van der Waals surface area contributed by atoms with Crippen molar-refractivity contribution in [3.63, 3.8) is 0 Å². The first kappa shape index (κ1) is 14.9. The van der Waals surface area contributed by atoms with Crippen LogP contribution in [0.3, 0.4) is 0 Å². The molecule has 0 aliphatic rings. The second-order valence-electron chi connectivity index (χ2n) is 4.38. The molecule has 21 heavy (non-hydrogen) atoms. The van der Waals surface area contributed by atoms with E-state index >= 15 is 0 Å². The van der Waals surface area contributed by atoms with E-state index in [-0.39, 0.29) is 5.57 Å². The first-order chi connectivity index (χ1) is 10.1. The molecule has 4 nitrogen and oxygen atoms in total. The van der Waals surface area contributed by atoms with Crippen molar-refractivity contribution in [1.29, 1.82) is 5.26 Å². The molecule has 0 saturated heterocycles. The van der Waals surface area contributed by atoms with E-state index in [1.165, 1.54) is 7.11 Å². The summed E-state index contributed by atoms with van der Waals surface area (Å²) >= 11 is 5.90. The van der Waals surface area contributed by atoms with Crippen LogP contribution in [-0.4, -0.2) is 17.6 Å². The summed E-state index contributed by atoms with van der Waals surface area (Å²) in [6, 6.07) is 12.0. The fourth-order valence-corrected chi connectivity index (χ4v) is 2.26. The molecule has 0 N–H and O–H groups in total. The van der Waals surface area contributed by atoms with Crippen LogP contribution < -0.4 is 0 Å². The van der Waals surface area contributed by atoms with Crippen molar-refractivity contribution in [3.8, 4) is 6.07 Å². The number of nitrogens with zero attached hydrogens (tertiary/aromatic N) is 2. The summed E-state index contributed by atoms with van der Waals surface area (Å²) in [5, 5.41) is 9.78. The number of hydrogen-bond acceptors (Lipinski definition) is 3. The van der Waals surface area contributed by atoms with Crippen molar-refractivity contribution in [3.05, 3.63) is 71.0 Å². The van der Waals surface area contributed by atoms with Crippen molar-refractivity contribution in [2.45, 2.75) is 6.04 Å². The normalized spacial score (nSPS) is 11.5. The largest absolute Gasteiger partial charge is 0.466 e. The standard InChI is InChI=1S/C16H13ClN2O2/c1-11(16(20)21-2)15(12-5-7-13(17)8-6-12)19-9-3-4-14(19)10-18/h3-9,15H,1H2,2H3/t15-/m0/s1. The number of carbonyl (C=O) groups is 1. The average molecular weight is 301 g/mol. The lowest BCUT2D eigenvalue weighted by atomic mass is 9.99. The molecular weight excluding hydrogens is 288 g/mol. The van der Waals surface area contributed by atoms with Gasteiger partial charge in [0, 0.05) is 11.2 Å². The van der Waals surface area contributed by atoms with Gasteiger partial charge in [-0.25, -0.2) is 4.79 Å². The Morgan fingerprint density at radius 3 is 2.62 bits per heavy atom. The molecule has 0 saturated carbocycles. The SMILES string of the molecule is C=C(C(=O)OC)[C@@H](c1ccc(Cl)cc1)n1cccc1C#N. The number of methoxy groups -OCH3 is 1. The fourth-order valence-electron chi connectivity index (χ4n) is 2.13. The van der Waals surface area contributed by atoms with E-state index in [0.29, 0.717) is 10.7 Å². The monoisotopic (exact) mass is 300 g/mol. The zero-order valence-corrected chi connectivity index (χ0v) is 12.2. The van der Waals surface area contributed by atoms with Gasteiger partial charge in [0.25, 0.3) is 0 Å². The number of benzene rings is 1. The third kappa shape index (κ3) is 2.99. The van der Waals surface area contributed by atoms with Gasteiger partial charge in [-0.3, -0.25) is 0 Å². The summed E-state index contributed by atoms with van der Waals surface area (Å²) in [6.07, 6.45) is 1.73. The number of ether oxygens (including phenoxy) is 1. The van der Waals surface area contributed by atoms with Crippen LogP contribution in [0.1, 0.15) is 17.3 Å². The quantitative estimate of drug-likeness (QED) is 0.643. The summed E-state index contributed by atoms with van der Waals surface area (Å²) in [4.78, 5) is 11.8. The van der Waals surface area contributed by atoms with Gasteiger partial charge in [-0.1, -0.05) is 30.3 Å². The van der Waals surface area contributed by atoms with E-state index in [9.17, 15) is 10.1 Å². The summed E-state index contributed by atoms with van der Waals surface area (Å²) in [7, 11) is 1.30. The summed E-state index contributed by atoms with van der Waals surface area (Å²) in [5.74, 6) is -0.521. The molecule has 0 fully saturated rings.